The minimum atomic E-state index is -0.114. The van der Waals surface area contributed by atoms with Gasteiger partial charge in [-0.15, -0.1) is 0 Å². The van der Waals surface area contributed by atoms with Crippen molar-refractivity contribution in [2.45, 2.75) is 25.8 Å². The van der Waals surface area contributed by atoms with Gasteiger partial charge in [0.2, 0.25) is 5.91 Å². The van der Waals surface area contributed by atoms with Gasteiger partial charge in [0.05, 0.1) is 25.5 Å². The number of amides is 1. The molecule has 0 saturated heterocycles. The predicted molar refractivity (Wildman–Crippen MR) is 103 cm³/mol. The highest BCUT2D eigenvalue weighted by Crippen LogP contribution is 2.40. The number of benzene rings is 1. The maximum Gasteiger partial charge on any atom is 0.226 e. The fourth-order valence-electron chi connectivity index (χ4n) is 3.54. The Morgan fingerprint density at radius 1 is 1.33 bits per heavy atom. The Hall–Kier alpha value is -2.86. The van der Waals surface area contributed by atoms with Crippen LogP contribution in [0.5, 0.6) is 5.75 Å². The Balaban J connectivity index is 1.77. The largest absolute Gasteiger partial charge is 0.495 e. The van der Waals surface area contributed by atoms with Crippen molar-refractivity contribution >= 4 is 23.3 Å². The number of methoxy groups -OCH3 is 1. The van der Waals surface area contributed by atoms with Crippen LogP contribution < -0.4 is 10.1 Å². The smallest absolute Gasteiger partial charge is 0.226 e. The Bertz CT molecular complexity index is 1010. The van der Waals surface area contributed by atoms with Gasteiger partial charge in [-0.25, -0.2) is 4.68 Å². The van der Waals surface area contributed by atoms with Crippen LogP contribution in [0.2, 0.25) is 5.02 Å². The van der Waals surface area contributed by atoms with E-state index in [1.807, 2.05) is 41.9 Å². The van der Waals surface area contributed by atoms with Crippen LogP contribution in [0.4, 0.5) is 5.82 Å². The van der Waals surface area contributed by atoms with Crippen molar-refractivity contribution < 1.29 is 9.53 Å². The number of aryl methyl sites for hydroxylation is 1. The van der Waals surface area contributed by atoms with Gasteiger partial charge < -0.3 is 10.1 Å². The molecule has 1 aliphatic heterocycles. The summed E-state index contributed by atoms with van der Waals surface area (Å²) in [5, 5.41) is 8.33. The Kier molecular flexibility index (Phi) is 4.58. The first kappa shape index (κ1) is 17.5. The fourth-order valence-corrected chi connectivity index (χ4v) is 3.74. The van der Waals surface area contributed by atoms with E-state index in [0.717, 1.165) is 28.2 Å². The molecule has 1 amide bonds. The summed E-state index contributed by atoms with van der Waals surface area (Å²) < 4.78 is 7.10. The second-order valence-electron chi connectivity index (χ2n) is 6.56. The summed E-state index contributed by atoms with van der Waals surface area (Å²) in [7, 11) is 1.60. The summed E-state index contributed by atoms with van der Waals surface area (Å²) in [6.07, 6.45) is 3.78. The lowest BCUT2D eigenvalue weighted by molar-refractivity contribution is -0.116. The Labute approximate surface area is 162 Å². The van der Waals surface area contributed by atoms with Crippen molar-refractivity contribution in [3.63, 3.8) is 0 Å². The summed E-state index contributed by atoms with van der Waals surface area (Å²) in [6, 6.07) is 9.56. The second kappa shape index (κ2) is 7.04. The quantitative estimate of drug-likeness (QED) is 0.745. The first-order chi connectivity index (χ1) is 13.1. The number of nitrogens with one attached hydrogen (secondary N) is 1. The van der Waals surface area contributed by atoms with Crippen molar-refractivity contribution in [3.05, 3.63) is 70.1 Å². The SMILES string of the molecule is COc1cncc(C2CC(=O)Nc3c2c(C)nn3Cc2ccccc2Cl)c1. The number of ether oxygens (including phenoxy) is 1. The third-order valence-corrected chi connectivity index (χ3v) is 5.19. The molecule has 27 heavy (non-hydrogen) atoms. The fraction of sp³-hybridized carbons (Fsp3) is 0.250. The molecule has 4 rings (SSSR count). The number of hydrogen-bond acceptors (Lipinski definition) is 4. The summed E-state index contributed by atoms with van der Waals surface area (Å²) >= 11 is 6.30. The number of rotatable bonds is 4. The lowest BCUT2D eigenvalue weighted by Gasteiger charge is -2.24. The van der Waals surface area contributed by atoms with Crippen LogP contribution in [-0.2, 0) is 11.3 Å². The average molecular weight is 383 g/mol. The number of carbonyl (C=O) groups excluding carboxylic acids is 1. The molecule has 0 spiro atoms. The number of halogens is 1. The molecule has 138 valence electrons. The van der Waals surface area contributed by atoms with Gasteiger partial charge in [0.15, 0.2) is 0 Å². The van der Waals surface area contributed by atoms with Gasteiger partial charge in [0, 0.05) is 29.1 Å². The van der Waals surface area contributed by atoms with Crippen LogP contribution in [0.3, 0.4) is 0 Å². The zero-order valence-electron chi connectivity index (χ0n) is 15.1. The molecule has 0 fully saturated rings. The highest BCUT2D eigenvalue weighted by atomic mass is 35.5. The molecule has 3 heterocycles. The van der Waals surface area contributed by atoms with Gasteiger partial charge >= 0.3 is 0 Å². The summed E-state index contributed by atoms with van der Waals surface area (Å²) in [5.74, 6) is 1.23. The van der Waals surface area contributed by atoms with Gasteiger partial charge in [-0.3, -0.25) is 9.78 Å². The summed E-state index contributed by atoms with van der Waals surface area (Å²) in [5.41, 5.74) is 3.77. The minimum absolute atomic E-state index is 0.0457. The standard InChI is InChI=1S/C20H19ClN4O2/c1-12-19-16(14-7-15(27-2)10-22-9-14)8-18(26)23-20(19)25(24-12)11-13-5-3-4-6-17(13)21/h3-7,9-10,16H,8,11H2,1-2H3,(H,23,26). The molecule has 0 saturated carbocycles. The maximum absolute atomic E-state index is 12.4. The number of hydrogen-bond donors (Lipinski definition) is 1. The first-order valence-electron chi connectivity index (χ1n) is 8.66. The van der Waals surface area contributed by atoms with E-state index in [-0.39, 0.29) is 11.8 Å². The lowest BCUT2D eigenvalue weighted by Crippen LogP contribution is -2.25. The van der Waals surface area contributed by atoms with E-state index >= 15 is 0 Å². The summed E-state index contributed by atoms with van der Waals surface area (Å²) in [6.45, 7) is 2.44. The average Bonchev–Trinajstić information content (AvgIpc) is 2.98. The second-order valence-corrected chi connectivity index (χ2v) is 6.97. The molecular formula is C20H19ClN4O2. The monoisotopic (exact) mass is 382 g/mol. The normalized spacial score (nSPS) is 16.0. The zero-order chi connectivity index (χ0) is 19.0. The molecular weight excluding hydrogens is 364 g/mol. The van der Waals surface area contributed by atoms with Gasteiger partial charge in [-0.05, 0) is 30.2 Å². The zero-order valence-corrected chi connectivity index (χ0v) is 15.8. The van der Waals surface area contributed by atoms with Crippen molar-refractivity contribution in [1.82, 2.24) is 14.8 Å². The van der Waals surface area contributed by atoms with Gasteiger partial charge in [0.25, 0.3) is 0 Å². The molecule has 0 bridgehead atoms. The number of nitrogens with zero attached hydrogens (tertiary/aromatic N) is 3. The van der Waals surface area contributed by atoms with Crippen LogP contribution in [0.1, 0.15) is 34.7 Å². The first-order valence-corrected chi connectivity index (χ1v) is 9.04. The van der Waals surface area contributed by atoms with Crippen LogP contribution >= 0.6 is 11.6 Å². The number of fused-ring (bicyclic) bond motifs is 1. The van der Waals surface area contributed by atoms with Gasteiger partial charge in [-0.1, -0.05) is 29.8 Å². The highest BCUT2D eigenvalue weighted by molar-refractivity contribution is 6.31. The maximum atomic E-state index is 12.4. The van der Waals surface area contributed by atoms with Gasteiger partial charge in [-0.2, -0.15) is 5.10 Å². The van der Waals surface area contributed by atoms with Crippen molar-refractivity contribution in [2.75, 3.05) is 12.4 Å². The minimum Gasteiger partial charge on any atom is -0.495 e. The van der Waals surface area contributed by atoms with Crippen molar-refractivity contribution in [1.29, 1.82) is 0 Å². The number of aromatic nitrogens is 3. The molecule has 1 aliphatic rings. The molecule has 1 atom stereocenters. The lowest BCUT2D eigenvalue weighted by atomic mass is 9.86. The van der Waals surface area contributed by atoms with Crippen LogP contribution in [0.25, 0.3) is 0 Å². The third-order valence-electron chi connectivity index (χ3n) is 4.82. The molecule has 6 nitrogen and oxygen atoms in total. The molecule has 1 aromatic carbocycles. The van der Waals surface area contributed by atoms with E-state index < -0.39 is 0 Å². The Morgan fingerprint density at radius 2 is 2.15 bits per heavy atom. The van der Waals surface area contributed by atoms with Gasteiger partial charge in [0.1, 0.15) is 11.6 Å². The molecule has 1 N–H and O–H groups in total. The van der Waals surface area contributed by atoms with E-state index in [2.05, 4.69) is 15.4 Å². The van der Waals surface area contributed by atoms with E-state index in [1.165, 1.54) is 0 Å². The van der Waals surface area contributed by atoms with Crippen molar-refractivity contribution in [2.24, 2.45) is 0 Å². The van der Waals surface area contributed by atoms with E-state index in [9.17, 15) is 4.79 Å². The summed E-state index contributed by atoms with van der Waals surface area (Å²) in [4.78, 5) is 16.7. The molecule has 0 aliphatic carbocycles. The molecule has 0 radical (unpaired) electrons. The number of pyridine rings is 1. The Morgan fingerprint density at radius 3 is 2.93 bits per heavy atom. The molecule has 2 aromatic heterocycles. The highest BCUT2D eigenvalue weighted by Gasteiger charge is 2.32. The molecule has 7 heteroatoms. The van der Waals surface area contributed by atoms with E-state index in [0.29, 0.717) is 23.7 Å². The van der Waals surface area contributed by atoms with Crippen LogP contribution in [0, 0.1) is 6.92 Å². The van der Waals surface area contributed by atoms with Crippen molar-refractivity contribution in [3.8, 4) is 5.75 Å². The van der Waals surface area contributed by atoms with E-state index in [1.54, 1.807) is 19.5 Å². The number of carbonyl (C=O) groups is 1. The van der Waals surface area contributed by atoms with Crippen LogP contribution in [-0.4, -0.2) is 27.8 Å². The number of anilines is 1. The third kappa shape index (κ3) is 3.28. The topological polar surface area (TPSA) is 69.0 Å². The molecule has 1 unspecified atom stereocenters. The predicted octanol–water partition coefficient (Wildman–Crippen LogP) is 3.77. The van der Waals surface area contributed by atoms with Crippen LogP contribution in [0.15, 0.2) is 42.7 Å². The molecule has 3 aromatic rings. The van der Waals surface area contributed by atoms with E-state index in [4.69, 9.17) is 16.3 Å².